The smallest absolute Gasteiger partial charge is 0.258 e. The molecule has 5 rings (SSSR count). The first-order chi connectivity index (χ1) is 18.2. The van der Waals surface area contributed by atoms with Crippen molar-refractivity contribution in [3.8, 4) is 5.75 Å². The Labute approximate surface area is 223 Å². The number of aryl methyl sites for hydroxylation is 2. The molecule has 3 aromatic rings. The standard InChI is InChI=1S/C30H38FN3O4/c1-18-23-8-9-26(19(2)28(23)33-27(18)16-32-20-10-12-30(3,36)13-11-20)34-29(35)24-7-6-21(15-25(24)31)38-17-22-5-4-14-37-22/h6-9,15,20,22,32-33,36H,4-5,10-14,16-17H2,1-3H3,(H,34,35)/t20?,22-,30?/m0/s1. The predicted octanol–water partition coefficient (Wildman–Crippen LogP) is 5.52. The molecule has 1 amide bonds. The van der Waals surface area contributed by atoms with E-state index in [1.54, 1.807) is 6.07 Å². The van der Waals surface area contributed by atoms with Gasteiger partial charge in [0.1, 0.15) is 18.2 Å². The number of amides is 1. The van der Waals surface area contributed by atoms with Gasteiger partial charge in [-0.1, -0.05) is 6.07 Å². The average Bonchev–Trinajstić information content (AvgIpc) is 3.52. The molecule has 1 aliphatic heterocycles. The SMILES string of the molecule is Cc1c(CNC2CCC(C)(O)CC2)[nH]c2c(C)c(NC(=O)c3ccc(OC[C@@H]4CCCO4)cc3F)ccc12. The van der Waals surface area contributed by atoms with Gasteiger partial charge in [0.15, 0.2) is 0 Å². The number of carbonyl (C=O) groups excluding carboxylic acids is 1. The van der Waals surface area contributed by atoms with E-state index in [1.807, 2.05) is 26.0 Å². The molecule has 204 valence electrons. The van der Waals surface area contributed by atoms with Gasteiger partial charge >= 0.3 is 0 Å². The molecule has 8 heteroatoms. The zero-order valence-corrected chi connectivity index (χ0v) is 22.5. The summed E-state index contributed by atoms with van der Waals surface area (Å²) < 4.78 is 26.0. The number of aliphatic hydroxyl groups is 1. The van der Waals surface area contributed by atoms with Crippen LogP contribution >= 0.6 is 0 Å². The molecular formula is C30H38FN3O4. The number of fused-ring (bicyclic) bond motifs is 1. The molecular weight excluding hydrogens is 485 g/mol. The van der Waals surface area contributed by atoms with Gasteiger partial charge in [-0.05, 0) is 88.6 Å². The molecule has 2 heterocycles. The molecule has 38 heavy (non-hydrogen) atoms. The lowest BCUT2D eigenvalue weighted by atomic mass is 9.83. The fraction of sp³-hybridized carbons (Fsp3) is 0.500. The second-order valence-corrected chi connectivity index (χ2v) is 11.1. The van der Waals surface area contributed by atoms with Crippen molar-refractivity contribution in [3.05, 3.63) is 58.5 Å². The molecule has 1 atom stereocenters. The molecule has 4 N–H and O–H groups in total. The molecule has 0 bridgehead atoms. The number of aromatic amines is 1. The molecule has 1 aliphatic carbocycles. The van der Waals surface area contributed by atoms with E-state index in [-0.39, 0.29) is 11.7 Å². The van der Waals surface area contributed by atoms with Crippen LogP contribution in [0.3, 0.4) is 0 Å². The Morgan fingerprint density at radius 2 is 1.97 bits per heavy atom. The van der Waals surface area contributed by atoms with Crippen LogP contribution in [0.2, 0.25) is 0 Å². The van der Waals surface area contributed by atoms with Gasteiger partial charge < -0.3 is 30.2 Å². The number of rotatable bonds is 8. The van der Waals surface area contributed by atoms with E-state index in [1.165, 1.54) is 17.7 Å². The van der Waals surface area contributed by atoms with E-state index in [9.17, 15) is 14.3 Å². The predicted molar refractivity (Wildman–Crippen MR) is 146 cm³/mol. The van der Waals surface area contributed by atoms with Crippen molar-refractivity contribution in [3.63, 3.8) is 0 Å². The number of ether oxygens (including phenoxy) is 2. The summed E-state index contributed by atoms with van der Waals surface area (Å²) in [4.78, 5) is 16.5. The van der Waals surface area contributed by atoms with Crippen molar-refractivity contribution in [1.82, 2.24) is 10.3 Å². The summed E-state index contributed by atoms with van der Waals surface area (Å²) in [5, 5.41) is 17.8. The highest BCUT2D eigenvalue weighted by Crippen LogP contribution is 2.31. The van der Waals surface area contributed by atoms with Crippen LogP contribution in [-0.2, 0) is 11.3 Å². The van der Waals surface area contributed by atoms with Crippen LogP contribution in [0.5, 0.6) is 5.75 Å². The summed E-state index contributed by atoms with van der Waals surface area (Å²) in [6.45, 7) is 7.78. The fourth-order valence-electron chi connectivity index (χ4n) is 5.52. The van der Waals surface area contributed by atoms with E-state index in [0.29, 0.717) is 30.6 Å². The Bertz CT molecular complexity index is 1300. The third kappa shape index (κ3) is 5.87. The maximum absolute atomic E-state index is 14.8. The second kappa shape index (κ2) is 11.0. The zero-order chi connectivity index (χ0) is 26.9. The van der Waals surface area contributed by atoms with Gasteiger partial charge in [0.05, 0.1) is 22.8 Å². The van der Waals surface area contributed by atoms with Gasteiger partial charge in [0.25, 0.3) is 5.91 Å². The van der Waals surface area contributed by atoms with Gasteiger partial charge in [0.2, 0.25) is 0 Å². The number of anilines is 1. The number of benzene rings is 2. The number of hydrogen-bond donors (Lipinski definition) is 4. The topological polar surface area (TPSA) is 95.6 Å². The lowest BCUT2D eigenvalue weighted by Crippen LogP contribution is -2.39. The third-order valence-electron chi connectivity index (χ3n) is 8.12. The maximum atomic E-state index is 14.8. The van der Waals surface area contributed by atoms with Gasteiger partial charge in [0, 0.05) is 42.0 Å². The molecule has 2 fully saturated rings. The highest BCUT2D eigenvalue weighted by Gasteiger charge is 2.28. The van der Waals surface area contributed by atoms with E-state index in [2.05, 4.69) is 22.5 Å². The van der Waals surface area contributed by atoms with Crippen LogP contribution in [0.1, 0.15) is 72.6 Å². The van der Waals surface area contributed by atoms with Gasteiger partial charge in [-0.3, -0.25) is 4.79 Å². The molecule has 1 saturated carbocycles. The maximum Gasteiger partial charge on any atom is 0.258 e. The number of aromatic nitrogens is 1. The van der Waals surface area contributed by atoms with Crippen LogP contribution in [0, 0.1) is 19.7 Å². The molecule has 1 aromatic heterocycles. The first kappa shape index (κ1) is 26.7. The zero-order valence-electron chi connectivity index (χ0n) is 22.5. The van der Waals surface area contributed by atoms with Crippen molar-refractivity contribution < 1.29 is 23.8 Å². The van der Waals surface area contributed by atoms with Crippen molar-refractivity contribution >= 4 is 22.5 Å². The van der Waals surface area contributed by atoms with Crippen molar-refractivity contribution in [1.29, 1.82) is 0 Å². The second-order valence-electron chi connectivity index (χ2n) is 11.1. The third-order valence-corrected chi connectivity index (χ3v) is 8.12. The summed E-state index contributed by atoms with van der Waals surface area (Å²) >= 11 is 0. The Morgan fingerprint density at radius 1 is 1.18 bits per heavy atom. The first-order valence-corrected chi connectivity index (χ1v) is 13.6. The highest BCUT2D eigenvalue weighted by atomic mass is 19.1. The summed E-state index contributed by atoms with van der Waals surface area (Å²) in [7, 11) is 0. The van der Waals surface area contributed by atoms with Crippen molar-refractivity contribution in [2.75, 3.05) is 18.5 Å². The largest absolute Gasteiger partial charge is 0.491 e. The molecule has 7 nitrogen and oxygen atoms in total. The average molecular weight is 524 g/mol. The lowest BCUT2D eigenvalue weighted by Gasteiger charge is -2.33. The van der Waals surface area contributed by atoms with Crippen LogP contribution in [-0.4, -0.2) is 47.0 Å². The van der Waals surface area contributed by atoms with E-state index in [4.69, 9.17) is 9.47 Å². The van der Waals surface area contributed by atoms with E-state index < -0.39 is 17.3 Å². The van der Waals surface area contributed by atoms with Crippen molar-refractivity contribution in [2.45, 2.75) is 83.6 Å². The molecule has 2 aromatic carbocycles. The van der Waals surface area contributed by atoms with Crippen molar-refractivity contribution in [2.24, 2.45) is 0 Å². The van der Waals surface area contributed by atoms with Crippen LogP contribution in [0.25, 0.3) is 10.9 Å². The lowest BCUT2D eigenvalue weighted by molar-refractivity contribution is 0.0140. The number of carbonyl (C=O) groups is 1. The van der Waals surface area contributed by atoms with Gasteiger partial charge in [-0.15, -0.1) is 0 Å². The van der Waals surface area contributed by atoms with Gasteiger partial charge in [-0.25, -0.2) is 4.39 Å². The van der Waals surface area contributed by atoms with E-state index >= 15 is 0 Å². The van der Waals surface area contributed by atoms with E-state index in [0.717, 1.165) is 67.3 Å². The molecule has 1 saturated heterocycles. The summed E-state index contributed by atoms with van der Waals surface area (Å²) in [6.07, 6.45) is 5.53. The number of hydrogen-bond acceptors (Lipinski definition) is 5. The Kier molecular flexibility index (Phi) is 7.75. The Hall–Kier alpha value is -2.94. The number of halogens is 1. The Morgan fingerprint density at radius 3 is 2.68 bits per heavy atom. The summed E-state index contributed by atoms with van der Waals surface area (Å²) in [5.41, 5.74) is 4.19. The summed E-state index contributed by atoms with van der Waals surface area (Å²) in [5.74, 6) is -0.748. The highest BCUT2D eigenvalue weighted by molar-refractivity contribution is 6.06. The molecule has 0 unspecified atom stereocenters. The minimum absolute atomic E-state index is 0.0343. The summed E-state index contributed by atoms with van der Waals surface area (Å²) in [6, 6.07) is 8.57. The molecule has 0 spiro atoms. The fourth-order valence-corrected chi connectivity index (χ4v) is 5.52. The molecule has 0 radical (unpaired) electrons. The normalized spacial score (nSPS) is 23.6. The van der Waals surface area contributed by atoms with Gasteiger partial charge in [-0.2, -0.15) is 0 Å². The quantitative estimate of drug-likeness (QED) is 0.312. The minimum Gasteiger partial charge on any atom is -0.491 e. The number of H-pyrrole nitrogens is 1. The minimum atomic E-state index is -0.626. The first-order valence-electron chi connectivity index (χ1n) is 13.6. The number of nitrogens with one attached hydrogen (secondary N) is 3. The van der Waals surface area contributed by atoms with Crippen LogP contribution in [0.4, 0.5) is 10.1 Å². The van der Waals surface area contributed by atoms with Crippen LogP contribution in [0.15, 0.2) is 30.3 Å². The molecule has 2 aliphatic rings. The monoisotopic (exact) mass is 523 g/mol. The Balaban J connectivity index is 1.24. The van der Waals surface area contributed by atoms with Crippen LogP contribution < -0.4 is 15.4 Å².